The van der Waals surface area contributed by atoms with Crippen molar-refractivity contribution in [2.45, 2.75) is 44.6 Å². The van der Waals surface area contributed by atoms with Gasteiger partial charge in [-0.05, 0) is 30.4 Å². The second-order valence-corrected chi connectivity index (χ2v) is 5.00. The van der Waals surface area contributed by atoms with Crippen LogP contribution in [0.25, 0.3) is 0 Å². The number of nitrogens with two attached hydrogens (primary N) is 1. The Balaban J connectivity index is 2.16. The molecule has 0 spiro atoms. The first-order chi connectivity index (χ1) is 7.62. The molecule has 0 radical (unpaired) electrons. The van der Waals surface area contributed by atoms with Crippen LogP contribution in [-0.2, 0) is 6.42 Å². The highest BCUT2D eigenvalue weighted by molar-refractivity contribution is 5.45. The van der Waals surface area contributed by atoms with Crippen LogP contribution in [0, 0.1) is 5.92 Å². The van der Waals surface area contributed by atoms with E-state index in [0.717, 1.165) is 30.5 Å². The average Bonchev–Trinajstić information content (AvgIpc) is 2.26. The second kappa shape index (κ2) is 4.42. The Labute approximate surface area is 96.7 Å². The number of aliphatic hydroxyl groups is 1. The van der Waals surface area contributed by atoms with Gasteiger partial charge in [-0.1, -0.05) is 19.8 Å². The molecule has 1 heterocycles. The van der Waals surface area contributed by atoms with Crippen molar-refractivity contribution in [2.75, 3.05) is 5.73 Å². The van der Waals surface area contributed by atoms with Crippen LogP contribution >= 0.6 is 0 Å². The zero-order valence-electron chi connectivity index (χ0n) is 9.82. The van der Waals surface area contributed by atoms with E-state index < -0.39 is 5.60 Å². The molecular formula is C13H20N2O. The highest BCUT2D eigenvalue weighted by Crippen LogP contribution is 2.36. The second-order valence-electron chi connectivity index (χ2n) is 5.00. The maximum absolute atomic E-state index is 10.6. The zero-order valence-corrected chi connectivity index (χ0v) is 9.82. The van der Waals surface area contributed by atoms with Gasteiger partial charge < -0.3 is 10.8 Å². The third-order valence-corrected chi connectivity index (χ3v) is 3.85. The molecule has 0 aliphatic heterocycles. The largest absolute Gasteiger partial charge is 0.398 e. The Morgan fingerprint density at radius 1 is 1.56 bits per heavy atom. The Morgan fingerprint density at radius 2 is 2.38 bits per heavy atom. The van der Waals surface area contributed by atoms with E-state index in [9.17, 15) is 5.11 Å². The van der Waals surface area contributed by atoms with E-state index in [2.05, 4.69) is 11.9 Å². The van der Waals surface area contributed by atoms with Gasteiger partial charge >= 0.3 is 0 Å². The minimum Gasteiger partial charge on any atom is -0.398 e. The summed E-state index contributed by atoms with van der Waals surface area (Å²) in [5, 5.41) is 10.6. The first-order valence-corrected chi connectivity index (χ1v) is 6.02. The molecule has 3 heteroatoms. The molecule has 0 saturated heterocycles. The van der Waals surface area contributed by atoms with Gasteiger partial charge in [0.15, 0.2) is 0 Å². The third-order valence-electron chi connectivity index (χ3n) is 3.85. The Bertz CT molecular complexity index is 367. The summed E-state index contributed by atoms with van der Waals surface area (Å²) >= 11 is 0. The van der Waals surface area contributed by atoms with Crippen molar-refractivity contribution in [3.63, 3.8) is 0 Å². The molecule has 2 unspecified atom stereocenters. The molecule has 2 rings (SSSR count). The van der Waals surface area contributed by atoms with Crippen LogP contribution in [0.15, 0.2) is 18.5 Å². The van der Waals surface area contributed by atoms with E-state index in [1.807, 2.05) is 0 Å². The number of nitrogens with zero attached hydrogens (tertiary/aromatic N) is 1. The van der Waals surface area contributed by atoms with Crippen molar-refractivity contribution < 1.29 is 5.11 Å². The maximum atomic E-state index is 10.6. The lowest BCUT2D eigenvalue weighted by molar-refractivity contribution is -0.0404. The van der Waals surface area contributed by atoms with Gasteiger partial charge in [-0.15, -0.1) is 0 Å². The molecule has 1 aliphatic rings. The van der Waals surface area contributed by atoms with E-state index in [4.69, 9.17) is 5.73 Å². The fourth-order valence-electron chi connectivity index (χ4n) is 2.57. The lowest BCUT2D eigenvalue weighted by Crippen LogP contribution is -2.41. The fraction of sp³-hybridized carbons (Fsp3) is 0.615. The molecule has 3 nitrogen and oxygen atoms in total. The van der Waals surface area contributed by atoms with Crippen LogP contribution < -0.4 is 5.73 Å². The summed E-state index contributed by atoms with van der Waals surface area (Å²) in [6, 6.07) is 1.80. The molecule has 1 saturated carbocycles. The van der Waals surface area contributed by atoms with Gasteiger partial charge in [-0.25, -0.2) is 0 Å². The number of hydrogen-bond acceptors (Lipinski definition) is 3. The van der Waals surface area contributed by atoms with E-state index in [1.54, 1.807) is 18.5 Å². The van der Waals surface area contributed by atoms with Crippen LogP contribution in [0.2, 0.25) is 0 Å². The number of nitrogen functional groups attached to an aromatic ring is 1. The molecule has 88 valence electrons. The van der Waals surface area contributed by atoms with E-state index in [0.29, 0.717) is 12.3 Å². The predicted molar refractivity (Wildman–Crippen MR) is 64.9 cm³/mol. The van der Waals surface area contributed by atoms with Crippen molar-refractivity contribution in [3.05, 3.63) is 24.0 Å². The summed E-state index contributed by atoms with van der Waals surface area (Å²) in [6.45, 7) is 2.13. The van der Waals surface area contributed by atoms with Gasteiger partial charge in [-0.3, -0.25) is 4.98 Å². The molecule has 1 aliphatic carbocycles. The number of anilines is 1. The molecule has 2 atom stereocenters. The standard InChI is InChI=1S/C13H20N2O/c1-10-4-2-3-6-13(10,16)8-11-9-15-7-5-12(11)14/h5,7,9-10,16H,2-4,6,8H2,1H3,(H2,14,15). The van der Waals surface area contributed by atoms with Crippen molar-refractivity contribution in [3.8, 4) is 0 Å². The molecule has 3 N–H and O–H groups in total. The van der Waals surface area contributed by atoms with Crippen molar-refractivity contribution in [2.24, 2.45) is 5.92 Å². The van der Waals surface area contributed by atoms with E-state index >= 15 is 0 Å². The summed E-state index contributed by atoms with van der Waals surface area (Å²) in [5.41, 5.74) is 7.01. The third kappa shape index (κ3) is 2.19. The van der Waals surface area contributed by atoms with Gasteiger partial charge in [0.2, 0.25) is 0 Å². The van der Waals surface area contributed by atoms with Gasteiger partial charge in [0, 0.05) is 24.5 Å². The molecule has 1 fully saturated rings. The molecule has 0 amide bonds. The first kappa shape index (κ1) is 11.4. The topological polar surface area (TPSA) is 59.1 Å². The summed E-state index contributed by atoms with van der Waals surface area (Å²) in [5.74, 6) is 0.348. The van der Waals surface area contributed by atoms with E-state index in [1.165, 1.54) is 6.42 Å². The Morgan fingerprint density at radius 3 is 3.06 bits per heavy atom. The highest BCUT2D eigenvalue weighted by atomic mass is 16.3. The van der Waals surface area contributed by atoms with E-state index in [-0.39, 0.29) is 0 Å². The number of pyridine rings is 1. The lowest BCUT2D eigenvalue weighted by atomic mass is 9.73. The number of rotatable bonds is 2. The number of hydrogen-bond donors (Lipinski definition) is 2. The molecule has 1 aromatic heterocycles. The zero-order chi connectivity index (χ0) is 11.6. The molecule has 0 bridgehead atoms. The molecule has 0 aromatic carbocycles. The van der Waals surface area contributed by atoms with Crippen molar-refractivity contribution in [1.82, 2.24) is 4.98 Å². The number of aromatic nitrogens is 1. The van der Waals surface area contributed by atoms with Crippen LogP contribution in [-0.4, -0.2) is 15.7 Å². The minimum atomic E-state index is -0.588. The Hall–Kier alpha value is -1.09. The van der Waals surface area contributed by atoms with Gasteiger partial charge in [0.1, 0.15) is 0 Å². The normalized spacial score (nSPS) is 30.2. The first-order valence-electron chi connectivity index (χ1n) is 6.02. The highest BCUT2D eigenvalue weighted by Gasteiger charge is 2.36. The van der Waals surface area contributed by atoms with Gasteiger partial charge in [0.25, 0.3) is 0 Å². The van der Waals surface area contributed by atoms with Crippen molar-refractivity contribution >= 4 is 5.69 Å². The molecule has 16 heavy (non-hydrogen) atoms. The monoisotopic (exact) mass is 220 g/mol. The van der Waals surface area contributed by atoms with Crippen LogP contribution in [0.4, 0.5) is 5.69 Å². The smallest absolute Gasteiger partial charge is 0.0714 e. The fourth-order valence-corrected chi connectivity index (χ4v) is 2.57. The predicted octanol–water partition coefficient (Wildman–Crippen LogP) is 2.15. The Kier molecular flexibility index (Phi) is 3.15. The quantitative estimate of drug-likeness (QED) is 0.803. The summed E-state index contributed by atoms with van der Waals surface area (Å²) in [4.78, 5) is 4.08. The van der Waals surface area contributed by atoms with Crippen LogP contribution in [0.3, 0.4) is 0 Å². The van der Waals surface area contributed by atoms with Gasteiger partial charge in [0.05, 0.1) is 5.60 Å². The summed E-state index contributed by atoms with van der Waals surface area (Å²) in [7, 11) is 0. The van der Waals surface area contributed by atoms with Crippen LogP contribution in [0.1, 0.15) is 38.2 Å². The van der Waals surface area contributed by atoms with Crippen LogP contribution in [0.5, 0.6) is 0 Å². The average molecular weight is 220 g/mol. The van der Waals surface area contributed by atoms with Gasteiger partial charge in [-0.2, -0.15) is 0 Å². The molecule has 1 aromatic rings. The summed E-state index contributed by atoms with van der Waals surface area (Å²) in [6.07, 6.45) is 8.42. The lowest BCUT2D eigenvalue weighted by Gasteiger charge is -2.38. The summed E-state index contributed by atoms with van der Waals surface area (Å²) < 4.78 is 0. The SMILES string of the molecule is CC1CCCCC1(O)Cc1cnccc1N. The molecular weight excluding hydrogens is 200 g/mol. The van der Waals surface area contributed by atoms with Crippen molar-refractivity contribution in [1.29, 1.82) is 0 Å². The maximum Gasteiger partial charge on any atom is 0.0714 e. The minimum absolute atomic E-state index is 0.348.